The van der Waals surface area contributed by atoms with E-state index in [2.05, 4.69) is 58.1 Å². The van der Waals surface area contributed by atoms with Crippen LogP contribution >= 0.6 is 27.7 Å². The van der Waals surface area contributed by atoms with E-state index >= 15 is 0 Å². The van der Waals surface area contributed by atoms with E-state index in [-0.39, 0.29) is 11.8 Å². The SMILES string of the molecule is CCc1ccc(N2CSC3=C(C#N)C(c4cccc(Br)c4)CC(=O)N3C2)cc1. The lowest BCUT2D eigenvalue weighted by atomic mass is 9.86. The summed E-state index contributed by atoms with van der Waals surface area (Å²) in [4.78, 5) is 16.9. The zero-order valence-corrected chi connectivity index (χ0v) is 18.0. The summed E-state index contributed by atoms with van der Waals surface area (Å²) in [5.41, 5.74) is 4.10. The number of carbonyl (C=O) groups excluding carboxylic acids is 1. The van der Waals surface area contributed by atoms with Crippen molar-refractivity contribution in [3.05, 3.63) is 74.7 Å². The van der Waals surface area contributed by atoms with E-state index in [0.29, 0.717) is 18.7 Å². The van der Waals surface area contributed by atoms with Gasteiger partial charge in [0.2, 0.25) is 5.91 Å². The highest BCUT2D eigenvalue weighted by molar-refractivity contribution is 9.10. The maximum atomic E-state index is 13.0. The highest BCUT2D eigenvalue weighted by Crippen LogP contribution is 2.43. The van der Waals surface area contributed by atoms with Gasteiger partial charge in [0.25, 0.3) is 0 Å². The third kappa shape index (κ3) is 3.57. The molecule has 2 aliphatic rings. The molecule has 1 amide bonds. The monoisotopic (exact) mass is 453 g/mol. The molecule has 1 fully saturated rings. The molecule has 0 spiro atoms. The minimum absolute atomic E-state index is 0.0707. The number of benzene rings is 2. The molecular formula is C22H20BrN3OS. The van der Waals surface area contributed by atoms with Crippen molar-refractivity contribution in [2.24, 2.45) is 0 Å². The Labute approximate surface area is 178 Å². The lowest BCUT2D eigenvalue weighted by Crippen LogP contribution is -2.47. The second-order valence-corrected chi connectivity index (χ2v) is 8.79. The van der Waals surface area contributed by atoms with E-state index in [4.69, 9.17) is 0 Å². The van der Waals surface area contributed by atoms with E-state index in [1.807, 2.05) is 24.3 Å². The van der Waals surface area contributed by atoms with Gasteiger partial charge in [0.1, 0.15) is 0 Å². The number of nitriles is 1. The summed E-state index contributed by atoms with van der Waals surface area (Å²) in [6.45, 7) is 2.63. The van der Waals surface area contributed by atoms with Crippen molar-refractivity contribution in [2.45, 2.75) is 25.7 Å². The molecule has 1 atom stereocenters. The molecule has 4 nitrogen and oxygen atoms in total. The van der Waals surface area contributed by atoms with Crippen LogP contribution in [-0.4, -0.2) is 23.4 Å². The summed E-state index contributed by atoms with van der Waals surface area (Å²) < 4.78 is 0.958. The predicted molar refractivity (Wildman–Crippen MR) is 117 cm³/mol. The zero-order chi connectivity index (χ0) is 19.7. The fraction of sp³-hybridized carbons (Fsp3) is 0.273. The lowest BCUT2D eigenvalue weighted by molar-refractivity contribution is -0.129. The highest BCUT2D eigenvalue weighted by atomic mass is 79.9. The molecule has 0 aliphatic carbocycles. The fourth-order valence-corrected chi connectivity index (χ4v) is 5.26. The molecule has 28 heavy (non-hydrogen) atoms. The van der Waals surface area contributed by atoms with Crippen LogP contribution in [-0.2, 0) is 11.2 Å². The van der Waals surface area contributed by atoms with Gasteiger partial charge in [0.05, 0.1) is 29.2 Å². The normalized spacial score (nSPS) is 19.5. The van der Waals surface area contributed by atoms with Crippen molar-refractivity contribution in [2.75, 3.05) is 17.4 Å². The van der Waals surface area contributed by atoms with E-state index < -0.39 is 0 Å². The Balaban J connectivity index is 1.64. The Morgan fingerprint density at radius 1 is 1.25 bits per heavy atom. The molecule has 6 heteroatoms. The summed E-state index contributed by atoms with van der Waals surface area (Å²) in [6, 6.07) is 18.8. The molecule has 2 heterocycles. The molecule has 2 aromatic carbocycles. The smallest absolute Gasteiger partial charge is 0.229 e. The van der Waals surface area contributed by atoms with E-state index in [1.54, 1.807) is 16.7 Å². The van der Waals surface area contributed by atoms with Crippen LogP contribution in [0.5, 0.6) is 0 Å². The average Bonchev–Trinajstić information content (AvgIpc) is 2.73. The van der Waals surface area contributed by atoms with Gasteiger partial charge < -0.3 is 4.90 Å². The first kappa shape index (κ1) is 19.1. The number of carbonyl (C=O) groups is 1. The Morgan fingerprint density at radius 2 is 2.04 bits per heavy atom. The van der Waals surface area contributed by atoms with Crippen molar-refractivity contribution in [1.29, 1.82) is 5.26 Å². The van der Waals surface area contributed by atoms with Gasteiger partial charge in [-0.2, -0.15) is 5.26 Å². The van der Waals surface area contributed by atoms with Gasteiger partial charge in [-0.05, 0) is 41.8 Å². The number of fused-ring (bicyclic) bond motifs is 1. The molecule has 2 aromatic rings. The fourth-order valence-electron chi connectivity index (χ4n) is 3.68. The number of anilines is 1. The first-order valence-electron chi connectivity index (χ1n) is 9.27. The second kappa shape index (κ2) is 8.02. The largest absolute Gasteiger partial charge is 0.344 e. The average molecular weight is 454 g/mol. The molecule has 0 radical (unpaired) electrons. The molecule has 0 aromatic heterocycles. The number of rotatable bonds is 3. The van der Waals surface area contributed by atoms with Crippen LogP contribution in [0.25, 0.3) is 0 Å². The van der Waals surface area contributed by atoms with Crippen LogP contribution < -0.4 is 4.90 Å². The molecule has 142 valence electrons. The van der Waals surface area contributed by atoms with Gasteiger partial charge in [-0.3, -0.25) is 9.69 Å². The first-order valence-corrected chi connectivity index (χ1v) is 11.1. The Kier molecular flexibility index (Phi) is 5.47. The lowest BCUT2D eigenvalue weighted by Gasteiger charge is -2.42. The van der Waals surface area contributed by atoms with Gasteiger partial charge in [0, 0.05) is 22.5 Å². The highest BCUT2D eigenvalue weighted by Gasteiger charge is 2.38. The number of thioether (sulfide) groups is 1. The molecule has 4 rings (SSSR count). The molecule has 0 bridgehead atoms. The van der Waals surface area contributed by atoms with Gasteiger partial charge in [-0.25, -0.2) is 0 Å². The van der Waals surface area contributed by atoms with Crippen molar-refractivity contribution in [1.82, 2.24) is 4.90 Å². The standard InChI is InChI=1S/C22H20BrN3OS/c1-2-15-6-8-18(9-7-15)25-13-26-21(27)11-19(16-4-3-5-17(23)10-16)20(12-24)22(26)28-14-25/h3-10,19H,2,11,13-14H2,1H3. The molecule has 1 saturated heterocycles. The van der Waals surface area contributed by atoms with Crippen molar-refractivity contribution >= 4 is 39.3 Å². The maximum absolute atomic E-state index is 13.0. The number of amides is 1. The maximum Gasteiger partial charge on any atom is 0.229 e. The summed E-state index contributed by atoms with van der Waals surface area (Å²) in [6.07, 6.45) is 1.33. The van der Waals surface area contributed by atoms with Gasteiger partial charge in [-0.15, -0.1) is 0 Å². The predicted octanol–water partition coefficient (Wildman–Crippen LogP) is 5.23. The van der Waals surface area contributed by atoms with Crippen molar-refractivity contribution < 1.29 is 4.79 Å². The van der Waals surface area contributed by atoms with E-state index in [1.165, 1.54) is 5.56 Å². The molecule has 0 saturated carbocycles. The quantitative estimate of drug-likeness (QED) is 0.637. The van der Waals surface area contributed by atoms with Crippen LogP contribution in [0.4, 0.5) is 5.69 Å². The molecule has 2 aliphatic heterocycles. The van der Waals surface area contributed by atoms with Crippen molar-refractivity contribution in [3.8, 4) is 6.07 Å². The minimum Gasteiger partial charge on any atom is -0.344 e. The zero-order valence-electron chi connectivity index (χ0n) is 15.6. The Hall–Kier alpha value is -2.23. The van der Waals surface area contributed by atoms with E-state index in [0.717, 1.165) is 33.1 Å². The number of allylic oxidation sites excluding steroid dienone is 1. The van der Waals surface area contributed by atoms with E-state index in [9.17, 15) is 10.1 Å². The number of halogens is 1. The molecular weight excluding hydrogens is 434 g/mol. The van der Waals surface area contributed by atoms with Gasteiger partial charge >= 0.3 is 0 Å². The summed E-state index contributed by atoms with van der Waals surface area (Å²) in [7, 11) is 0. The first-order chi connectivity index (χ1) is 13.6. The van der Waals surface area contributed by atoms with Crippen LogP contribution in [0.1, 0.15) is 30.4 Å². The van der Waals surface area contributed by atoms with Crippen LogP contribution in [0.15, 0.2) is 63.6 Å². The topological polar surface area (TPSA) is 47.3 Å². The van der Waals surface area contributed by atoms with Crippen LogP contribution in [0, 0.1) is 11.3 Å². The minimum atomic E-state index is -0.177. The molecule has 0 N–H and O–H groups in total. The summed E-state index contributed by atoms with van der Waals surface area (Å²) in [5.74, 6) is 0.617. The number of hydrogen-bond donors (Lipinski definition) is 0. The number of nitrogens with zero attached hydrogens (tertiary/aromatic N) is 3. The van der Waals surface area contributed by atoms with Crippen LogP contribution in [0.3, 0.4) is 0 Å². The number of hydrogen-bond acceptors (Lipinski definition) is 4. The summed E-state index contributed by atoms with van der Waals surface area (Å²) >= 11 is 5.07. The van der Waals surface area contributed by atoms with Crippen molar-refractivity contribution in [3.63, 3.8) is 0 Å². The Bertz CT molecular complexity index is 980. The third-order valence-electron chi connectivity index (χ3n) is 5.25. The third-order valence-corrected chi connectivity index (χ3v) is 6.90. The second-order valence-electron chi connectivity index (χ2n) is 6.94. The Morgan fingerprint density at radius 3 is 2.71 bits per heavy atom. The van der Waals surface area contributed by atoms with Crippen LogP contribution in [0.2, 0.25) is 0 Å². The van der Waals surface area contributed by atoms with Gasteiger partial charge in [-0.1, -0.05) is 58.9 Å². The molecule has 1 unspecified atom stereocenters. The number of aryl methyl sites for hydroxylation is 1. The van der Waals surface area contributed by atoms with Gasteiger partial charge in [0.15, 0.2) is 0 Å². The summed E-state index contributed by atoms with van der Waals surface area (Å²) in [5, 5.41) is 10.7.